The maximum atomic E-state index is 13.5. The molecule has 1 fully saturated rings. The molecule has 0 amide bonds. The predicted octanol–water partition coefficient (Wildman–Crippen LogP) is 5.81. The summed E-state index contributed by atoms with van der Waals surface area (Å²) in [6.45, 7) is 1.21. The summed E-state index contributed by atoms with van der Waals surface area (Å²) in [5.74, 6) is 0.295. The second-order valence-corrected chi connectivity index (χ2v) is 12.3. The van der Waals surface area contributed by atoms with Gasteiger partial charge in [0.05, 0.1) is 22.6 Å². The van der Waals surface area contributed by atoms with Gasteiger partial charge in [0.2, 0.25) is 0 Å². The number of halogens is 3. The normalized spacial score (nSPS) is 16.9. The van der Waals surface area contributed by atoms with E-state index in [0.717, 1.165) is 38.6 Å². The topological polar surface area (TPSA) is 67.9 Å². The molecule has 2 heterocycles. The van der Waals surface area contributed by atoms with Gasteiger partial charge in [0.25, 0.3) is 10.0 Å². The summed E-state index contributed by atoms with van der Waals surface area (Å²) in [5, 5.41) is 0. The first-order chi connectivity index (χ1) is 16.5. The van der Waals surface area contributed by atoms with Crippen molar-refractivity contribution in [2.24, 2.45) is 0 Å². The molecule has 4 rings (SSSR count). The van der Waals surface area contributed by atoms with Crippen LogP contribution in [-0.4, -0.2) is 46.7 Å². The summed E-state index contributed by atoms with van der Waals surface area (Å²) in [6, 6.07) is 13.5. The highest BCUT2D eigenvalue weighted by molar-refractivity contribution is 8.02. The second kappa shape index (κ2) is 10.3. The van der Waals surface area contributed by atoms with E-state index in [1.165, 1.54) is 17.8 Å². The van der Waals surface area contributed by atoms with E-state index in [-0.39, 0.29) is 9.90 Å². The van der Waals surface area contributed by atoms with E-state index in [0.29, 0.717) is 25.3 Å². The maximum Gasteiger partial charge on any atom is 0.419 e. The zero-order valence-electron chi connectivity index (χ0n) is 18.8. The van der Waals surface area contributed by atoms with Gasteiger partial charge in [-0.05, 0) is 55.9 Å². The van der Waals surface area contributed by atoms with E-state index in [1.807, 2.05) is 36.2 Å². The third-order valence-electron chi connectivity index (χ3n) is 5.26. The Morgan fingerprint density at radius 2 is 1.94 bits per heavy atom. The fraction of sp³-hybridized carbons (Fsp3) is 0.304. The van der Waals surface area contributed by atoms with Crippen LogP contribution in [0.25, 0.3) is 0 Å². The van der Waals surface area contributed by atoms with E-state index in [9.17, 15) is 21.6 Å². The van der Waals surface area contributed by atoms with Gasteiger partial charge in [0.15, 0.2) is 0 Å². The van der Waals surface area contributed by atoms with Gasteiger partial charge in [-0.15, -0.1) is 11.3 Å². The van der Waals surface area contributed by atoms with Crippen molar-refractivity contribution in [1.29, 1.82) is 0 Å². The average molecular weight is 545 g/mol. The van der Waals surface area contributed by atoms with Gasteiger partial charge in [-0.3, -0.25) is 4.72 Å². The van der Waals surface area contributed by atoms with Crippen LogP contribution in [0.15, 0.2) is 67.9 Å². The molecule has 0 radical (unpaired) electrons. The molecule has 0 bridgehead atoms. The number of rotatable bonds is 8. The minimum atomic E-state index is -4.63. The molecule has 1 aliphatic rings. The minimum absolute atomic E-state index is 0.00486. The summed E-state index contributed by atoms with van der Waals surface area (Å²) in [6.07, 6.45) is -4.44. The molecule has 1 aromatic heterocycles. The van der Waals surface area contributed by atoms with Gasteiger partial charge >= 0.3 is 6.18 Å². The van der Waals surface area contributed by atoms with E-state index >= 15 is 0 Å². The lowest BCUT2D eigenvalue weighted by Crippen LogP contribution is -2.23. The van der Waals surface area contributed by atoms with Crippen molar-refractivity contribution in [3.8, 4) is 11.5 Å². The number of likely N-dealkylation sites (tertiary alicyclic amines) is 1. The molecule has 1 saturated heterocycles. The first-order valence-electron chi connectivity index (χ1n) is 10.5. The van der Waals surface area contributed by atoms with Crippen molar-refractivity contribution in [2.75, 3.05) is 32.0 Å². The third kappa shape index (κ3) is 6.43. The number of thiophene rings is 1. The Bertz CT molecular complexity index is 1300. The van der Waals surface area contributed by atoms with Crippen LogP contribution < -0.4 is 14.2 Å². The number of benzene rings is 2. The Morgan fingerprint density at radius 3 is 2.63 bits per heavy atom. The Labute approximate surface area is 210 Å². The smallest absolute Gasteiger partial charge is 0.419 e. The monoisotopic (exact) mass is 544 g/mol. The molecule has 12 heteroatoms. The largest absolute Gasteiger partial charge is 0.497 e. The maximum absolute atomic E-state index is 13.5. The van der Waals surface area contributed by atoms with Crippen molar-refractivity contribution in [3.05, 3.63) is 60.2 Å². The van der Waals surface area contributed by atoms with Crippen LogP contribution in [0.3, 0.4) is 0 Å². The molecule has 6 nitrogen and oxygen atoms in total. The zero-order valence-corrected chi connectivity index (χ0v) is 21.3. The van der Waals surface area contributed by atoms with Crippen molar-refractivity contribution < 1.29 is 31.1 Å². The fourth-order valence-electron chi connectivity index (χ4n) is 3.58. The molecule has 0 saturated carbocycles. The van der Waals surface area contributed by atoms with E-state index in [1.54, 1.807) is 13.2 Å². The van der Waals surface area contributed by atoms with Crippen LogP contribution in [0.1, 0.15) is 12.0 Å². The van der Waals surface area contributed by atoms with Gasteiger partial charge in [0, 0.05) is 24.1 Å². The molecule has 35 heavy (non-hydrogen) atoms. The van der Waals surface area contributed by atoms with Gasteiger partial charge in [-0.1, -0.05) is 17.8 Å². The van der Waals surface area contributed by atoms with Gasteiger partial charge < -0.3 is 14.4 Å². The first-order valence-corrected chi connectivity index (χ1v) is 13.7. The highest BCUT2D eigenvalue weighted by Gasteiger charge is 2.36. The van der Waals surface area contributed by atoms with Crippen molar-refractivity contribution >= 4 is 38.8 Å². The molecular formula is C23H23F3N2O4S3. The van der Waals surface area contributed by atoms with Crippen molar-refractivity contribution in [2.45, 2.75) is 32.0 Å². The Hall–Kier alpha value is -2.41. The number of likely N-dealkylation sites (N-methyl/N-ethyl adjacent to an activating group) is 1. The van der Waals surface area contributed by atoms with Crippen molar-refractivity contribution in [1.82, 2.24) is 4.90 Å². The highest BCUT2D eigenvalue weighted by atomic mass is 32.3. The number of methoxy groups -OCH3 is 1. The lowest BCUT2D eigenvalue weighted by Gasteiger charge is -2.19. The summed E-state index contributed by atoms with van der Waals surface area (Å²) in [5.41, 5.74) is -0.946. The molecule has 2 aromatic carbocycles. The highest BCUT2D eigenvalue weighted by Crippen LogP contribution is 2.40. The number of ether oxygens (including phenoxy) is 2. The minimum Gasteiger partial charge on any atom is -0.497 e. The number of hydrogen-bond donors (Lipinski definition) is 1. The number of alkyl halides is 3. The molecule has 188 valence electrons. The van der Waals surface area contributed by atoms with Crippen molar-refractivity contribution in [3.63, 3.8) is 0 Å². The fourth-order valence-corrected chi connectivity index (χ4v) is 7.24. The number of sulfonamides is 1. The van der Waals surface area contributed by atoms with Gasteiger partial charge in [-0.25, -0.2) is 8.42 Å². The first kappa shape index (κ1) is 25.7. The summed E-state index contributed by atoms with van der Waals surface area (Å²) >= 11 is 2.44. The SMILES string of the molecule is COc1cccc(Sc2ccc(S(=O)(=O)Nc3ccc(C(F)(F)F)c(O[C@@H]4CCN(C)C4)c3)s2)c1. The standard InChI is InChI=1S/C23H23F3N2O4S3/c1-28-11-10-17(14-28)32-20-12-15(6-7-19(20)23(24,25)26)27-35(29,30)22-9-8-21(34-22)33-18-5-3-4-16(13-18)31-2/h3-9,12-13,17,27H,10-11,14H2,1-2H3/t17-/m1/s1. The van der Waals surface area contributed by atoms with E-state index in [4.69, 9.17) is 9.47 Å². The molecule has 0 aliphatic carbocycles. The summed E-state index contributed by atoms with van der Waals surface area (Å²) in [7, 11) is -0.587. The summed E-state index contributed by atoms with van der Waals surface area (Å²) < 4.78 is 80.5. The molecular weight excluding hydrogens is 521 g/mol. The average Bonchev–Trinajstić information content (AvgIpc) is 3.42. The quantitative estimate of drug-likeness (QED) is 0.386. The van der Waals surface area contributed by atoms with Crippen LogP contribution in [0.5, 0.6) is 11.5 Å². The van der Waals surface area contributed by atoms with E-state index < -0.39 is 33.6 Å². The molecule has 1 N–H and O–H groups in total. The number of anilines is 1. The number of nitrogens with one attached hydrogen (secondary N) is 1. The molecule has 0 unspecified atom stereocenters. The second-order valence-electron chi connectivity index (χ2n) is 7.96. The Balaban J connectivity index is 1.53. The Morgan fingerprint density at radius 1 is 1.14 bits per heavy atom. The van der Waals surface area contributed by atoms with E-state index in [2.05, 4.69) is 4.72 Å². The van der Waals surface area contributed by atoms with Gasteiger partial charge in [-0.2, -0.15) is 13.2 Å². The van der Waals surface area contributed by atoms with Crippen LogP contribution in [-0.2, 0) is 16.2 Å². The van der Waals surface area contributed by atoms with Gasteiger partial charge in [0.1, 0.15) is 21.8 Å². The predicted molar refractivity (Wildman–Crippen MR) is 130 cm³/mol. The molecule has 0 spiro atoms. The van der Waals surface area contributed by atoms with Crippen LogP contribution in [0.4, 0.5) is 18.9 Å². The lowest BCUT2D eigenvalue weighted by atomic mass is 10.1. The summed E-state index contributed by atoms with van der Waals surface area (Å²) in [4.78, 5) is 2.84. The molecule has 1 aliphatic heterocycles. The molecule has 1 atom stereocenters. The number of hydrogen-bond acceptors (Lipinski definition) is 7. The Kier molecular flexibility index (Phi) is 7.55. The number of nitrogens with zero attached hydrogens (tertiary/aromatic N) is 1. The lowest BCUT2D eigenvalue weighted by molar-refractivity contribution is -0.139. The van der Waals surface area contributed by atoms with Crippen LogP contribution in [0, 0.1) is 0 Å². The van der Waals surface area contributed by atoms with Crippen LogP contribution >= 0.6 is 23.1 Å². The molecule has 3 aromatic rings. The third-order valence-corrected chi connectivity index (χ3v) is 9.34. The van der Waals surface area contributed by atoms with Crippen LogP contribution in [0.2, 0.25) is 0 Å². The zero-order chi connectivity index (χ0) is 25.2.